The largest absolute Gasteiger partial charge is 0.494 e. The lowest BCUT2D eigenvalue weighted by Gasteiger charge is -2.14. The van der Waals surface area contributed by atoms with E-state index in [0.29, 0.717) is 29.9 Å². The number of aryl methyl sites for hydroxylation is 1. The summed E-state index contributed by atoms with van der Waals surface area (Å²) in [6.07, 6.45) is 1.59. The van der Waals surface area contributed by atoms with Crippen LogP contribution >= 0.6 is 11.8 Å². The van der Waals surface area contributed by atoms with Crippen molar-refractivity contribution in [2.75, 3.05) is 6.61 Å². The Morgan fingerprint density at radius 2 is 1.97 bits per heavy atom. The quantitative estimate of drug-likeness (QED) is 0.351. The zero-order valence-electron chi connectivity index (χ0n) is 18.8. The van der Waals surface area contributed by atoms with Crippen LogP contribution in [0.1, 0.15) is 25.2 Å². The van der Waals surface area contributed by atoms with Gasteiger partial charge in [0.05, 0.1) is 24.7 Å². The maximum Gasteiger partial charge on any atom is 0.233 e. The average molecular weight is 463 g/mol. The maximum atomic E-state index is 12.7. The number of benzene rings is 2. The van der Waals surface area contributed by atoms with Gasteiger partial charge in [0.1, 0.15) is 11.5 Å². The third-order valence-electron chi connectivity index (χ3n) is 4.98. The average Bonchev–Trinajstić information content (AvgIpc) is 3.48. The van der Waals surface area contributed by atoms with Crippen molar-refractivity contribution in [1.29, 1.82) is 0 Å². The smallest absolute Gasteiger partial charge is 0.233 e. The molecule has 4 aromatic rings. The molecular weight excluding hydrogens is 436 g/mol. The van der Waals surface area contributed by atoms with Crippen LogP contribution in [-0.4, -0.2) is 32.5 Å². The van der Waals surface area contributed by atoms with Gasteiger partial charge in [-0.25, -0.2) is 0 Å². The summed E-state index contributed by atoms with van der Waals surface area (Å²) in [6, 6.07) is 19.5. The lowest BCUT2D eigenvalue weighted by molar-refractivity contribution is -0.120. The normalized spacial score (nSPS) is 11.8. The molecule has 0 saturated heterocycles. The summed E-state index contributed by atoms with van der Waals surface area (Å²) in [5, 5.41) is 12.1. The highest BCUT2D eigenvalue weighted by molar-refractivity contribution is 8.00. The highest BCUT2D eigenvalue weighted by atomic mass is 32.2. The van der Waals surface area contributed by atoms with Crippen LogP contribution in [0.3, 0.4) is 0 Å². The molecule has 8 heteroatoms. The van der Waals surface area contributed by atoms with E-state index in [1.54, 1.807) is 12.3 Å². The van der Waals surface area contributed by atoms with Crippen LogP contribution in [0, 0.1) is 6.92 Å². The molecule has 0 radical (unpaired) electrons. The fourth-order valence-electron chi connectivity index (χ4n) is 3.35. The molecule has 1 unspecified atom stereocenters. The number of furan rings is 1. The van der Waals surface area contributed by atoms with Crippen molar-refractivity contribution in [2.45, 2.75) is 37.7 Å². The van der Waals surface area contributed by atoms with Crippen LogP contribution in [0.25, 0.3) is 17.1 Å². The van der Waals surface area contributed by atoms with E-state index in [1.165, 1.54) is 11.8 Å². The SMILES string of the molecule is CCOc1ccc(-n2c(SC(C)C(=O)NCc3ccco3)nnc2-c2cccc(C)c2)cc1. The van der Waals surface area contributed by atoms with Crippen LogP contribution in [0.15, 0.2) is 76.5 Å². The summed E-state index contributed by atoms with van der Waals surface area (Å²) in [7, 11) is 0. The molecule has 0 saturated carbocycles. The van der Waals surface area contributed by atoms with Gasteiger partial charge in [-0.2, -0.15) is 0 Å². The maximum absolute atomic E-state index is 12.7. The Labute approximate surface area is 197 Å². The lowest BCUT2D eigenvalue weighted by Crippen LogP contribution is -2.30. The van der Waals surface area contributed by atoms with Gasteiger partial charge in [0, 0.05) is 11.3 Å². The number of hydrogen-bond acceptors (Lipinski definition) is 6. The molecule has 0 bridgehead atoms. The number of carbonyl (C=O) groups is 1. The van der Waals surface area contributed by atoms with Gasteiger partial charge in [-0.05, 0) is 63.2 Å². The Kier molecular flexibility index (Phi) is 7.14. The molecule has 0 fully saturated rings. The Balaban J connectivity index is 1.62. The van der Waals surface area contributed by atoms with Gasteiger partial charge in [0.2, 0.25) is 5.91 Å². The van der Waals surface area contributed by atoms with Crippen LogP contribution in [0.4, 0.5) is 0 Å². The van der Waals surface area contributed by atoms with Crippen molar-refractivity contribution < 1.29 is 13.9 Å². The molecule has 4 rings (SSSR count). The fraction of sp³-hybridized carbons (Fsp3) is 0.240. The van der Waals surface area contributed by atoms with E-state index in [0.717, 1.165) is 22.6 Å². The summed E-state index contributed by atoms with van der Waals surface area (Å²) in [5.74, 6) is 2.12. The molecule has 1 amide bonds. The summed E-state index contributed by atoms with van der Waals surface area (Å²) in [6.45, 7) is 6.80. The van der Waals surface area contributed by atoms with E-state index in [2.05, 4.69) is 21.6 Å². The molecule has 2 aromatic carbocycles. The molecule has 170 valence electrons. The number of ether oxygens (including phenoxy) is 1. The van der Waals surface area contributed by atoms with Crippen LogP contribution in [0.5, 0.6) is 5.75 Å². The molecular formula is C25H26N4O3S. The third kappa shape index (κ3) is 5.46. The second-order valence-electron chi connectivity index (χ2n) is 7.50. The summed E-state index contributed by atoms with van der Waals surface area (Å²) >= 11 is 1.36. The predicted molar refractivity (Wildman–Crippen MR) is 129 cm³/mol. The van der Waals surface area contributed by atoms with Gasteiger partial charge in [0.15, 0.2) is 11.0 Å². The molecule has 1 atom stereocenters. The zero-order chi connectivity index (χ0) is 23.2. The third-order valence-corrected chi connectivity index (χ3v) is 6.03. The van der Waals surface area contributed by atoms with Crippen LogP contribution in [0.2, 0.25) is 0 Å². The van der Waals surface area contributed by atoms with E-state index in [1.807, 2.05) is 73.9 Å². The van der Waals surface area contributed by atoms with E-state index in [4.69, 9.17) is 9.15 Å². The Morgan fingerprint density at radius 3 is 2.67 bits per heavy atom. The Bertz CT molecular complexity index is 1200. The number of nitrogens with zero attached hydrogens (tertiary/aromatic N) is 3. The van der Waals surface area contributed by atoms with Gasteiger partial charge in [-0.15, -0.1) is 10.2 Å². The molecule has 0 aliphatic rings. The predicted octanol–water partition coefficient (Wildman–Crippen LogP) is 5.03. The van der Waals surface area contributed by atoms with Gasteiger partial charge < -0.3 is 14.5 Å². The van der Waals surface area contributed by atoms with Crippen LogP contribution in [-0.2, 0) is 11.3 Å². The standard InChI is InChI=1S/C25H26N4O3S/c1-4-31-21-12-10-20(11-13-21)29-23(19-8-5-7-17(2)15-19)27-28-25(29)33-18(3)24(30)26-16-22-9-6-14-32-22/h5-15,18H,4,16H2,1-3H3,(H,26,30). The second kappa shape index (κ2) is 10.4. The minimum atomic E-state index is -0.379. The molecule has 33 heavy (non-hydrogen) atoms. The number of carbonyl (C=O) groups excluding carboxylic acids is 1. The van der Waals surface area contributed by atoms with Gasteiger partial charge in [-0.1, -0.05) is 35.5 Å². The summed E-state index contributed by atoms with van der Waals surface area (Å²) in [4.78, 5) is 12.7. The van der Waals surface area contributed by atoms with Crippen LogP contribution < -0.4 is 10.1 Å². The fourth-order valence-corrected chi connectivity index (χ4v) is 4.24. The van der Waals surface area contributed by atoms with E-state index < -0.39 is 0 Å². The molecule has 0 aliphatic carbocycles. The van der Waals surface area contributed by atoms with Crippen molar-refractivity contribution in [3.63, 3.8) is 0 Å². The molecule has 7 nitrogen and oxygen atoms in total. The highest BCUT2D eigenvalue weighted by Gasteiger charge is 2.22. The second-order valence-corrected chi connectivity index (χ2v) is 8.80. The summed E-state index contributed by atoms with van der Waals surface area (Å²) < 4.78 is 12.9. The molecule has 2 aromatic heterocycles. The first-order chi connectivity index (χ1) is 16.0. The summed E-state index contributed by atoms with van der Waals surface area (Å²) in [5.41, 5.74) is 2.98. The molecule has 1 N–H and O–H groups in total. The Morgan fingerprint density at radius 1 is 1.15 bits per heavy atom. The van der Waals surface area contributed by atoms with E-state index in [-0.39, 0.29) is 11.2 Å². The van der Waals surface area contributed by atoms with E-state index >= 15 is 0 Å². The van der Waals surface area contributed by atoms with Crippen molar-refractivity contribution in [3.05, 3.63) is 78.3 Å². The molecule has 0 aliphatic heterocycles. The number of thioether (sulfide) groups is 1. The minimum absolute atomic E-state index is 0.102. The number of aromatic nitrogens is 3. The Hall–Kier alpha value is -3.52. The first-order valence-corrected chi connectivity index (χ1v) is 11.7. The van der Waals surface area contributed by atoms with Crippen molar-refractivity contribution in [3.8, 4) is 22.8 Å². The van der Waals surface area contributed by atoms with Crippen molar-refractivity contribution in [1.82, 2.24) is 20.1 Å². The van der Waals surface area contributed by atoms with Gasteiger partial charge in [-0.3, -0.25) is 9.36 Å². The topological polar surface area (TPSA) is 82.2 Å². The molecule has 0 spiro atoms. The number of nitrogens with one attached hydrogen (secondary N) is 1. The van der Waals surface area contributed by atoms with Gasteiger partial charge in [0.25, 0.3) is 0 Å². The first kappa shape index (κ1) is 22.7. The zero-order valence-corrected chi connectivity index (χ0v) is 19.6. The highest BCUT2D eigenvalue weighted by Crippen LogP contribution is 2.31. The van der Waals surface area contributed by atoms with Crippen molar-refractivity contribution >= 4 is 17.7 Å². The van der Waals surface area contributed by atoms with E-state index in [9.17, 15) is 4.79 Å². The monoisotopic (exact) mass is 462 g/mol. The number of hydrogen-bond donors (Lipinski definition) is 1. The minimum Gasteiger partial charge on any atom is -0.494 e. The van der Waals surface area contributed by atoms with Gasteiger partial charge >= 0.3 is 0 Å². The lowest BCUT2D eigenvalue weighted by atomic mass is 10.1. The molecule has 2 heterocycles. The number of amides is 1. The first-order valence-electron chi connectivity index (χ1n) is 10.8. The van der Waals surface area contributed by atoms with Crippen molar-refractivity contribution in [2.24, 2.45) is 0 Å². The number of rotatable bonds is 9.